The highest BCUT2D eigenvalue weighted by molar-refractivity contribution is 6.41. The molecule has 0 aliphatic rings. The Morgan fingerprint density at radius 1 is 1.55 bits per heavy atom. The Kier molecular flexibility index (Phi) is 2.70. The molecule has 2 nitrogen and oxygen atoms in total. The van der Waals surface area contributed by atoms with Crippen LogP contribution in [0.25, 0.3) is 4.85 Å². The van der Waals surface area contributed by atoms with Gasteiger partial charge in [0.15, 0.2) is 0 Å². The van der Waals surface area contributed by atoms with E-state index in [2.05, 4.69) is 9.83 Å². The molecular formula is C7H4Cl2N2. The highest BCUT2D eigenvalue weighted by Crippen LogP contribution is 2.19. The number of pyridine rings is 1. The summed E-state index contributed by atoms with van der Waals surface area (Å²) in [7, 11) is 0. The van der Waals surface area contributed by atoms with Crippen molar-refractivity contribution in [1.29, 1.82) is 0 Å². The number of rotatable bonds is 1. The summed E-state index contributed by atoms with van der Waals surface area (Å²) in [6, 6.07) is 1.65. The van der Waals surface area contributed by atoms with Crippen molar-refractivity contribution < 1.29 is 0 Å². The van der Waals surface area contributed by atoms with E-state index in [4.69, 9.17) is 29.8 Å². The van der Waals surface area contributed by atoms with E-state index < -0.39 is 0 Å². The fourth-order valence-corrected chi connectivity index (χ4v) is 0.931. The lowest BCUT2D eigenvalue weighted by Crippen LogP contribution is -1.83. The highest BCUT2D eigenvalue weighted by atomic mass is 35.5. The Bertz CT molecular complexity index is 304. The van der Waals surface area contributed by atoms with Gasteiger partial charge in [-0.3, -0.25) is 0 Å². The molecular weight excluding hydrogens is 183 g/mol. The number of hydrogen-bond acceptors (Lipinski definition) is 1. The van der Waals surface area contributed by atoms with Crippen LogP contribution in [0.5, 0.6) is 0 Å². The Hall–Kier alpha value is -0.780. The lowest BCUT2D eigenvalue weighted by Gasteiger charge is -1.94. The van der Waals surface area contributed by atoms with E-state index >= 15 is 0 Å². The second-order valence-electron chi connectivity index (χ2n) is 1.93. The van der Waals surface area contributed by atoms with E-state index in [1.807, 2.05) is 0 Å². The number of aromatic nitrogens is 1. The Balaban J connectivity index is 2.98. The monoisotopic (exact) mass is 186 g/mol. The minimum Gasteiger partial charge on any atom is -0.312 e. The van der Waals surface area contributed by atoms with Gasteiger partial charge in [-0.25, -0.2) is 11.6 Å². The zero-order valence-electron chi connectivity index (χ0n) is 5.51. The molecule has 1 aromatic heterocycles. The number of nitrogens with zero attached hydrogens (tertiary/aromatic N) is 2. The van der Waals surface area contributed by atoms with Gasteiger partial charge in [-0.15, -0.1) is 0 Å². The van der Waals surface area contributed by atoms with Crippen molar-refractivity contribution in [3.63, 3.8) is 0 Å². The predicted molar refractivity (Wildman–Crippen MR) is 44.6 cm³/mol. The van der Waals surface area contributed by atoms with Crippen molar-refractivity contribution in [3.8, 4) is 0 Å². The van der Waals surface area contributed by atoms with Gasteiger partial charge in [-0.05, 0) is 6.07 Å². The SMILES string of the molecule is [C-]#[N+]Cc1cnc(Cl)c(Cl)c1. The highest BCUT2D eigenvalue weighted by Gasteiger charge is 2.01. The molecule has 0 amide bonds. The van der Waals surface area contributed by atoms with Crippen LogP contribution in [0.15, 0.2) is 12.3 Å². The second-order valence-corrected chi connectivity index (χ2v) is 2.70. The first-order valence-electron chi connectivity index (χ1n) is 2.87. The standard InChI is InChI=1S/C7H4Cl2N2/c1-10-3-5-2-6(8)7(9)11-4-5/h2,4H,3H2. The van der Waals surface area contributed by atoms with Crippen LogP contribution in [-0.4, -0.2) is 4.98 Å². The third kappa shape index (κ3) is 2.07. The van der Waals surface area contributed by atoms with Crippen molar-refractivity contribution in [3.05, 3.63) is 39.4 Å². The topological polar surface area (TPSA) is 17.2 Å². The Morgan fingerprint density at radius 3 is 2.82 bits per heavy atom. The Labute approximate surface area is 74.6 Å². The molecule has 0 spiro atoms. The molecule has 4 heteroatoms. The number of hydrogen-bond donors (Lipinski definition) is 0. The molecule has 0 bridgehead atoms. The van der Waals surface area contributed by atoms with Crippen LogP contribution in [0.4, 0.5) is 0 Å². The van der Waals surface area contributed by atoms with Gasteiger partial charge in [0.2, 0.25) is 6.54 Å². The van der Waals surface area contributed by atoms with Crippen LogP contribution >= 0.6 is 23.2 Å². The summed E-state index contributed by atoms with van der Waals surface area (Å²) in [5, 5.41) is 0.674. The number of halogens is 2. The molecule has 0 unspecified atom stereocenters. The van der Waals surface area contributed by atoms with E-state index in [9.17, 15) is 0 Å². The molecule has 1 aromatic rings. The molecule has 0 radical (unpaired) electrons. The van der Waals surface area contributed by atoms with Gasteiger partial charge in [0.1, 0.15) is 5.15 Å². The summed E-state index contributed by atoms with van der Waals surface area (Å²) < 4.78 is 0. The van der Waals surface area contributed by atoms with Gasteiger partial charge in [-0.1, -0.05) is 23.2 Å². The van der Waals surface area contributed by atoms with Gasteiger partial charge in [0.25, 0.3) is 0 Å². The summed E-state index contributed by atoms with van der Waals surface area (Å²) in [4.78, 5) is 6.97. The minimum absolute atomic E-state index is 0.278. The average Bonchev–Trinajstić information content (AvgIpc) is 1.98. The average molecular weight is 187 g/mol. The third-order valence-electron chi connectivity index (χ3n) is 1.11. The molecule has 0 saturated heterocycles. The van der Waals surface area contributed by atoms with Crippen LogP contribution in [0, 0.1) is 6.57 Å². The third-order valence-corrected chi connectivity index (χ3v) is 1.80. The van der Waals surface area contributed by atoms with Crippen molar-refractivity contribution in [1.82, 2.24) is 4.98 Å². The van der Waals surface area contributed by atoms with E-state index in [0.29, 0.717) is 11.6 Å². The van der Waals surface area contributed by atoms with Gasteiger partial charge in [0.05, 0.1) is 10.6 Å². The van der Waals surface area contributed by atoms with Gasteiger partial charge in [-0.2, -0.15) is 0 Å². The zero-order valence-corrected chi connectivity index (χ0v) is 7.02. The second kappa shape index (κ2) is 3.56. The maximum absolute atomic E-state index is 6.59. The molecule has 1 heterocycles. The van der Waals surface area contributed by atoms with Gasteiger partial charge < -0.3 is 4.85 Å². The summed E-state index contributed by atoms with van der Waals surface area (Å²) >= 11 is 11.2. The molecule has 11 heavy (non-hydrogen) atoms. The summed E-state index contributed by atoms with van der Waals surface area (Å²) in [5.74, 6) is 0. The molecule has 0 aromatic carbocycles. The fourth-order valence-electron chi connectivity index (χ4n) is 0.639. The summed E-state index contributed by atoms with van der Waals surface area (Å²) in [6.07, 6.45) is 1.55. The predicted octanol–water partition coefficient (Wildman–Crippen LogP) is 2.81. The van der Waals surface area contributed by atoms with Gasteiger partial charge >= 0.3 is 0 Å². The fraction of sp³-hybridized carbons (Fsp3) is 0.143. The van der Waals surface area contributed by atoms with E-state index in [0.717, 1.165) is 5.56 Å². The molecule has 0 aliphatic heterocycles. The quantitative estimate of drug-likeness (QED) is 0.488. The molecule has 0 saturated carbocycles. The first-order chi connectivity index (χ1) is 5.24. The molecule has 0 fully saturated rings. The van der Waals surface area contributed by atoms with Crippen LogP contribution in [0.1, 0.15) is 5.56 Å². The molecule has 0 aliphatic carbocycles. The summed E-state index contributed by atoms with van der Waals surface area (Å²) in [5.41, 5.74) is 0.786. The van der Waals surface area contributed by atoms with E-state index in [-0.39, 0.29) is 5.15 Å². The van der Waals surface area contributed by atoms with Crippen molar-refractivity contribution >= 4 is 23.2 Å². The Morgan fingerprint density at radius 2 is 2.27 bits per heavy atom. The zero-order chi connectivity index (χ0) is 8.27. The van der Waals surface area contributed by atoms with Crippen LogP contribution in [0.3, 0.4) is 0 Å². The van der Waals surface area contributed by atoms with Crippen LogP contribution in [0.2, 0.25) is 10.2 Å². The van der Waals surface area contributed by atoms with Crippen LogP contribution < -0.4 is 0 Å². The molecule has 0 atom stereocenters. The molecule has 56 valence electrons. The van der Waals surface area contributed by atoms with Crippen LogP contribution in [-0.2, 0) is 6.54 Å². The van der Waals surface area contributed by atoms with E-state index in [1.54, 1.807) is 12.3 Å². The first kappa shape index (κ1) is 8.32. The minimum atomic E-state index is 0.278. The smallest absolute Gasteiger partial charge is 0.241 e. The normalized spacial score (nSPS) is 9.18. The molecule has 1 rings (SSSR count). The maximum Gasteiger partial charge on any atom is 0.241 e. The maximum atomic E-state index is 6.59. The molecule has 0 N–H and O–H groups in total. The lowest BCUT2D eigenvalue weighted by molar-refractivity contribution is 1.19. The van der Waals surface area contributed by atoms with Crippen molar-refractivity contribution in [2.45, 2.75) is 6.54 Å². The van der Waals surface area contributed by atoms with Crippen molar-refractivity contribution in [2.24, 2.45) is 0 Å². The first-order valence-corrected chi connectivity index (χ1v) is 3.63. The van der Waals surface area contributed by atoms with Gasteiger partial charge in [0, 0.05) is 6.20 Å². The largest absolute Gasteiger partial charge is 0.312 e. The summed E-state index contributed by atoms with van der Waals surface area (Å²) in [6.45, 7) is 6.88. The van der Waals surface area contributed by atoms with Crippen molar-refractivity contribution in [2.75, 3.05) is 0 Å². The lowest BCUT2D eigenvalue weighted by atomic mass is 10.3. The van der Waals surface area contributed by atoms with E-state index in [1.165, 1.54) is 0 Å².